The van der Waals surface area contributed by atoms with Gasteiger partial charge in [-0.15, -0.1) is 0 Å². The summed E-state index contributed by atoms with van der Waals surface area (Å²) in [7, 11) is 4.58. The van der Waals surface area contributed by atoms with E-state index in [1.54, 1.807) is 44.6 Å². The molecular formula is C30H37BrN6O5S. The standard InChI is InChI=1S/C17H22N4O2S.C13H15BrN2O3/c1-5-11(3)20-17-19-9-14(24-17)16(23)21-13-8-12(15(22)18-4)7-6-10(13)2;1-8-6-10(14)9(13(18)15-2)7-11(8)16-12(17)4-5-19-3/h6-9,11H,5H2,1-4H3,(H,18,22)(H,19,20)(H,21,23);4-7H,1-3H3,(H,15,18)(H,16,17)/b;5-4+/t11-;/m1./s1. The molecule has 13 heteroatoms. The second kappa shape index (κ2) is 17.0. The molecule has 0 aliphatic heterocycles. The molecule has 5 N–H and O–H groups in total. The van der Waals surface area contributed by atoms with Crippen molar-refractivity contribution in [3.63, 3.8) is 0 Å². The van der Waals surface area contributed by atoms with Crippen molar-refractivity contribution in [2.45, 2.75) is 40.2 Å². The maximum absolute atomic E-state index is 12.4. The van der Waals surface area contributed by atoms with E-state index in [1.165, 1.54) is 30.8 Å². The molecule has 0 aliphatic rings. The van der Waals surface area contributed by atoms with Gasteiger partial charge in [0.25, 0.3) is 23.6 Å². The molecule has 1 atom stereocenters. The Morgan fingerprint density at radius 3 is 2.28 bits per heavy atom. The van der Waals surface area contributed by atoms with Crippen molar-refractivity contribution < 1.29 is 23.9 Å². The average molecular weight is 674 g/mol. The molecule has 3 rings (SSSR count). The van der Waals surface area contributed by atoms with Crippen LogP contribution >= 0.6 is 27.3 Å². The van der Waals surface area contributed by atoms with E-state index >= 15 is 0 Å². The maximum Gasteiger partial charge on any atom is 0.267 e. The van der Waals surface area contributed by atoms with E-state index < -0.39 is 0 Å². The van der Waals surface area contributed by atoms with Crippen molar-refractivity contribution in [2.75, 3.05) is 37.2 Å². The van der Waals surface area contributed by atoms with E-state index in [2.05, 4.69) is 66.1 Å². The lowest BCUT2D eigenvalue weighted by atomic mass is 10.1. The number of halogens is 1. The van der Waals surface area contributed by atoms with Crippen molar-refractivity contribution in [3.05, 3.63) is 80.5 Å². The molecule has 0 aliphatic carbocycles. The highest BCUT2D eigenvalue weighted by Crippen LogP contribution is 2.26. The summed E-state index contributed by atoms with van der Waals surface area (Å²) in [5, 5.41) is 14.6. The van der Waals surface area contributed by atoms with Crippen molar-refractivity contribution in [1.29, 1.82) is 0 Å². The van der Waals surface area contributed by atoms with Crippen LogP contribution in [0.5, 0.6) is 0 Å². The van der Waals surface area contributed by atoms with Gasteiger partial charge in [-0.2, -0.15) is 0 Å². The molecule has 1 heterocycles. The smallest absolute Gasteiger partial charge is 0.267 e. The van der Waals surface area contributed by atoms with E-state index in [9.17, 15) is 19.2 Å². The van der Waals surface area contributed by atoms with E-state index in [0.717, 1.165) is 22.7 Å². The monoisotopic (exact) mass is 672 g/mol. The predicted octanol–water partition coefficient (Wildman–Crippen LogP) is 5.49. The van der Waals surface area contributed by atoms with Crippen LogP contribution in [0.3, 0.4) is 0 Å². The van der Waals surface area contributed by atoms with Gasteiger partial charge < -0.3 is 31.3 Å². The van der Waals surface area contributed by atoms with Gasteiger partial charge in [-0.05, 0) is 78.5 Å². The first-order valence-electron chi connectivity index (χ1n) is 13.3. The molecule has 3 aromatic rings. The minimum absolute atomic E-state index is 0.191. The number of nitrogens with one attached hydrogen (secondary N) is 5. The highest BCUT2D eigenvalue weighted by atomic mass is 79.9. The van der Waals surface area contributed by atoms with Gasteiger partial charge in [-0.3, -0.25) is 19.2 Å². The lowest BCUT2D eigenvalue weighted by Gasteiger charge is -2.11. The molecule has 2 aromatic carbocycles. The van der Waals surface area contributed by atoms with Gasteiger partial charge in [0.15, 0.2) is 5.13 Å². The molecule has 11 nitrogen and oxygen atoms in total. The van der Waals surface area contributed by atoms with Crippen molar-refractivity contribution in [3.8, 4) is 0 Å². The Hall–Kier alpha value is -4.23. The van der Waals surface area contributed by atoms with Crippen LogP contribution in [0, 0.1) is 13.8 Å². The van der Waals surface area contributed by atoms with Crippen LogP contribution in [0.25, 0.3) is 0 Å². The van der Waals surface area contributed by atoms with Gasteiger partial charge in [0.1, 0.15) is 4.88 Å². The van der Waals surface area contributed by atoms with E-state index in [4.69, 9.17) is 0 Å². The average Bonchev–Trinajstić information content (AvgIpc) is 3.46. The minimum atomic E-state index is -0.324. The van der Waals surface area contributed by atoms with Gasteiger partial charge in [-0.1, -0.05) is 24.3 Å². The van der Waals surface area contributed by atoms with Crippen LogP contribution in [0.1, 0.15) is 61.8 Å². The number of hydrogen-bond donors (Lipinski definition) is 5. The fourth-order valence-corrected chi connectivity index (χ4v) is 4.87. The van der Waals surface area contributed by atoms with E-state index in [0.29, 0.717) is 37.9 Å². The predicted molar refractivity (Wildman–Crippen MR) is 175 cm³/mol. The molecule has 0 spiro atoms. The van der Waals surface area contributed by atoms with Gasteiger partial charge in [0.2, 0.25) is 0 Å². The topological polar surface area (TPSA) is 151 Å². The zero-order valence-electron chi connectivity index (χ0n) is 25.2. The maximum atomic E-state index is 12.4. The van der Waals surface area contributed by atoms with Crippen molar-refractivity contribution >= 4 is 67.4 Å². The number of benzene rings is 2. The summed E-state index contributed by atoms with van der Waals surface area (Å²) in [6, 6.07) is 8.91. The Morgan fingerprint density at radius 1 is 0.977 bits per heavy atom. The number of hydrogen-bond acceptors (Lipinski definition) is 8. The van der Waals surface area contributed by atoms with Crippen LogP contribution in [-0.4, -0.2) is 55.9 Å². The number of aryl methyl sites for hydroxylation is 2. The summed E-state index contributed by atoms with van der Waals surface area (Å²) < 4.78 is 5.34. The molecule has 0 saturated carbocycles. The summed E-state index contributed by atoms with van der Waals surface area (Å²) in [5.74, 6) is -0.977. The molecule has 0 fully saturated rings. The number of rotatable bonds is 10. The molecule has 0 bridgehead atoms. The Balaban J connectivity index is 0.000000309. The Kier molecular flexibility index (Phi) is 13.8. The lowest BCUT2D eigenvalue weighted by molar-refractivity contribution is -0.112. The zero-order valence-corrected chi connectivity index (χ0v) is 27.6. The Morgan fingerprint density at radius 2 is 1.65 bits per heavy atom. The third kappa shape index (κ3) is 10.5. The number of amides is 4. The van der Waals surface area contributed by atoms with Gasteiger partial charge >= 0.3 is 0 Å². The first kappa shape index (κ1) is 35.0. The second-order valence-electron chi connectivity index (χ2n) is 9.30. The highest BCUT2D eigenvalue weighted by molar-refractivity contribution is 9.10. The number of thiazole rings is 1. The molecule has 1 aromatic heterocycles. The van der Waals surface area contributed by atoms with E-state index in [-0.39, 0.29) is 23.6 Å². The second-order valence-corrected chi connectivity index (χ2v) is 11.2. The first-order valence-corrected chi connectivity index (χ1v) is 14.9. The summed E-state index contributed by atoms with van der Waals surface area (Å²) in [6.45, 7) is 7.87. The third-order valence-corrected chi connectivity index (χ3v) is 7.67. The normalized spacial score (nSPS) is 11.1. The minimum Gasteiger partial charge on any atom is -0.504 e. The largest absolute Gasteiger partial charge is 0.504 e. The number of ether oxygens (including phenoxy) is 1. The Labute approximate surface area is 264 Å². The molecule has 0 saturated heterocycles. The summed E-state index contributed by atoms with van der Waals surface area (Å²) in [6.07, 6.45) is 5.08. The number of carbonyl (C=O) groups excluding carboxylic acids is 4. The van der Waals surface area contributed by atoms with Gasteiger partial charge in [0.05, 0.1) is 25.1 Å². The zero-order chi connectivity index (χ0) is 32.1. The molecule has 4 amide bonds. The number of methoxy groups -OCH3 is 1. The molecule has 230 valence electrons. The molecule has 0 unspecified atom stereocenters. The highest BCUT2D eigenvalue weighted by Gasteiger charge is 2.15. The van der Waals surface area contributed by atoms with Crippen molar-refractivity contribution in [2.24, 2.45) is 0 Å². The van der Waals surface area contributed by atoms with E-state index in [1.807, 2.05) is 19.9 Å². The summed E-state index contributed by atoms with van der Waals surface area (Å²) in [4.78, 5) is 52.1. The summed E-state index contributed by atoms with van der Waals surface area (Å²) in [5.41, 5.74) is 3.89. The van der Waals surface area contributed by atoms with Crippen LogP contribution in [0.4, 0.5) is 16.5 Å². The molecule has 43 heavy (non-hydrogen) atoms. The lowest BCUT2D eigenvalue weighted by Crippen LogP contribution is -2.19. The quantitative estimate of drug-likeness (QED) is 0.141. The fraction of sp³-hybridized carbons (Fsp3) is 0.300. The third-order valence-electron chi connectivity index (χ3n) is 6.09. The number of nitrogens with zero attached hydrogens (tertiary/aromatic N) is 1. The number of aromatic nitrogens is 1. The molecule has 0 radical (unpaired) electrons. The SMILES string of the molecule is CC[C@@H](C)Nc1ncc(C(=O)Nc2cc(C(=O)NC)ccc2C)s1.CNC(=O)c1cc(NC(=O)/C=C/OC)c(C)cc1Br. The fourth-order valence-electron chi connectivity index (χ4n) is 3.41. The molecular weight excluding hydrogens is 636 g/mol. The van der Waals surface area contributed by atoms with Crippen molar-refractivity contribution in [1.82, 2.24) is 15.6 Å². The number of carbonyl (C=O) groups is 4. The van der Waals surface area contributed by atoms with Crippen LogP contribution in [0.15, 0.2) is 53.3 Å². The Bertz CT molecular complexity index is 1490. The van der Waals surface area contributed by atoms with Gasteiger partial charge in [-0.25, -0.2) is 4.98 Å². The first-order chi connectivity index (χ1) is 20.4. The van der Waals surface area contributed by atoms with Crippen LogP contribution in [-0.2, 0) is 9.53 Å². The van der Waals surface area contributed by atoms with Crippen LogP contribution < -0.4 is 26.6 Å². The summed E-state index contributed by atoms with van der Waals surface area (Å²) >= 11 is 4.63. The van der Waals surface area contributed by atoms with Crippen LogP contribution in [0.2, 0.25) is 0 Å². The number of anilines is 3. The van der Waals surface area contributed by atoms with Gasteiger partial charge in [0, 0.05) is 47.6 Å².